The second-order valence-electron chi connectivity index (χ2n) is 7.59. The number of phenolic OH excluding ortho intramolecular Hbond substituents is 1. The van der Waals surface area contributed by atoms with Crippen LogP contribution in [-0.4, -0.2) is 75.8 Å². The van der Waals surface area contributed by atoms with Gasteiger partial charge in [-0.3, -0.25) is 9.35 Å². The van der Waals surface area contributed by atoms with Gasteiger partial charge in [-0.25, -0.2) is 0 Å². The van der Waals surface area contributed by atoms with E-state index in [-0.39, 0.29) is 11.3 Å². The predicted molar refractivity (Wildman–Crippen MR) is 116 cm³/mol. The molecule has 0 radical (unpaired) electrons. The summed E-state index contributed by atoms with van der Waals surface area (Å²) >= 11 is 0. The van der Waals surface area contributed by atoms with Crippen LogP contribution in [-0.2, 0) is 15.1 Å². The van der Waals surface area contributed by atoms with Gasteiger partial charge >= 0.3 is 10.4 Å². The highest BCUT2D eigenvalue weighted by Gasteiger charge is 2.45. The van der Waals surface area contributed by atoms with Gasteiger partial charge in [0.2, 0.25) is 12.0 Å². The lowest BCUT2D eigenvalue weighted by atomic mass is 9.99. The van der Waals surface area contributed by atoms with Crippen molar-refractivity contribution < 1.29 is 56.6 Å². The maximum Gasteiger partial charge on any atom is 0.446 e. The Morgan fingerprint density at radius 1 is 1.00 bits per heavy atom. The summed E-state index contributed by atoms with van der Waals surface area (Å²) in [6.07, 6.45) is -8.66. The fourth-order valence-electron chi connectivity index (χ4n) is 3.57. The Hall–Kier alpha value is -3.24. The van der Waals surface area contributed by atoms with Gasteiger partial charge in [-0.05, 0) is 0 Å². The third-order valence-electron chi connectivity index (χ3n) is 5.25. The number of rotatable bonds is 6. The van der Waals surface area contributed by atoms with Crippen LogP contribution in [0.5, 0.6) is 17.2 Å². The summed E-state index contributed by atoms with van der Waals surface area (Å²) in [6.45, 7) is -0.780. The van der Waals surface area contributed by atoms with Crippen LogP contribution in [0, 0.1) is 0 Å². The van der Waals surface area contributed by atoms with E-state index in [2.05, 4.69) is 4.18 Å². The monoisotopic (exact) mass is 512 g/mol. The lowest BCUT2D eigenvalue weighted by molar-refractivity contribution is -0.277. The largest absolute Gasteiger partial charge is 0.504 e. The van der Waals surface area contributed by atoms with Crippen molar-refractivity contribution in [2.45, 2.75) is 30.7 Å². The summed E-state index contributed by atoms with van der Waals surface area (Å²) in [5.74, 6) is -2.72. The van der Waals surface area contributed by atoms with Crippen molar-refractivity contribution in [2.75, 3.05) is 6.61 Å². The zero-order valence-electron chi connectivity index (χ0n) is 17.6. The molecule has 1 aromatic heterocycles. The Morgan fingerprint density at radius 3 is 2.31 bits per heavy atom. The van der Waals surface area contributed by atoms with Crippen LogP contribution in [0.3, 0.4) is 0 Å². The molecule has 0 amide bonds. The average molecular weight is 512 g/mol. The van der Waals surface area contributed by atoms with Crippen LogP contribution in [0.1, 0.15) is 0 Å². The van der Waals surface area contributed by atoms with Crippen molar-refractivity contribution in [3.8, 4) is 28.6 Å². The van der Waals surface area contributed by atoms with E-state index >= 15 is 0 Å². The fourth-order valence-corrected chi connectivity index (χ4v) is 3.94. The normalized spacial score (nSPS) is 24.9. The van der Waals surface area contributed by atoms with E-state index in [9.17, 15) is 38.7 Å². The van der Waals surface area contributed by atoms with Crippen molar-refractivity contribution in [2.24, 2.45) is 0 Å². The van der Waals surface area contributed by atoms with Crippen LogP contribution >= 0.6 is 0 Å². The van der Waals surface area contributed by atoms with Gasteiger partial charge in [-0.15, -0.1) is 0 Å². The van der Waals surface area contributed by atoms with E-state index in [0.717, 1.165) is 12.1 Å². The summed E-state index contributed by atoms with van der Waals surface area (Å²) in [5, 5.41) is 49.6. The molecule has 188 valence electrons. The molecule has 0 aliphatic carbocycles. The lowest BCUT2D eigenvalue weighted by Crippen LogP contribution is -2.60. The number of aliphatic hydroxyl groups excluding tert-OH is 4. The third-order valence-corrected chi connectivity index (χ3v) is 5.63. The first-order valence-electron chi connectivity index (χ1n) is 10.0. The van der Waals surface area contributed by atoms with Crippen LogP contribution in [0.25, 0.3) is 22.3 Å². The number of aromatic hydroxyl groups is 1. The summed E-state index contributed by atoms with van der Waals surface area (Å²) in [5.41, 5.74) is -0.584. The number of aliphatic hydroxyl groups is 4. The molecule has 4 rings (SSSR count). The first-order chi connectivity index (χ1) is 16.5. The quantitative estimate of drug-likeness (QED) is 0.231. The minimum absolute atomic E-state index is 0.0877. The summed E-state index contributed by atoms with van der Waals surface area (Å²) in [6, 6.07) is 10.4. The molecule has 1 saturated heterocycles. The molecule has 14 heteroatoms. The highest BCUT2D eigenvalue weighted by Crippen LogP contribution is 2.44. The van der Waals surface area contributed by atoms with Crippen molar-refractivity contribution in [3.63, 3.8) is 0 Å². The molecule has 1 fully saturated rings. The molecule has 1 aliphatic rings. The van der Waals surface area contributed by atoms with E-state index in [1.807, 2.05) is 0 Å². The van der Waals surface area contributed by atoms with Crippen LogP contribution in [0.15, 0.2) is 51.7 Å². The number of phenols is 1. The molecule has 0 unspecified atom stereocenters. The molecule has 0 bridgehead atoms. The standard InChI is InChI=1S/C21H20O13S/c22-8-14-16(24)18(26)19(27)21(33-14)32-13-7-12-15(17(25)20(13)34-35(28,29)30)10(23)6-11(31-12)9-4-2-1-3-5-9/h1-7,14,16,18-19,21-22,24-27H,8H2,(H,28,29,30)/t14-,16-,18+,19-,21-/m1/s1. The first kappa shape index (κ1) is 24.9. The van der Waals surface area contributed by atoms with E-state index in [1.165, 1.54) is 0 Å². The molecule has 0 spiro atoms. The average Bonchev–Trinajstić information content (AvgIpc) is 2.81. The van der Waals surface area contributed by atoms with E-state index in [4.69, 9.17) is 18.4 Å². The maximum absolute atomic E-state index is 12.7. The number of hydrogen-bond donors (Lipinski definition) is 6. The second-order valence-corrected chi connectivity index (χ2v) is 8.61. The minimum Gasteiger partial charge on any atom is -0.504 e. The van der Waals surface area contributed by atoms with Gasteiger partial charge in [0.1, 0.15) is 41.1 Å². The summed E-state index contributed by atoms with van der Waals surface area (Å²) < 4.78 is 52.6. The minimum atomic E-state index is -5.25. The molecular weight excluding hydrogens is 492 g/mol. The van der Waals surface area contributed by atoms with Gasteiger partial charge < -0.3 is 43.6 Å². The predicted octanol–water partition coefficient (Wildman–Crippen LogP) is -0.474. The molecule has 35 heavy (non-hydrogen) atoms. The Kier molecular flexibility index (Phi) is 6.70. The first-order valence-corrected chi connectivity index (χ1v) is 11.4. The Morgan fingerprint density at radius 2 is 1.69 bits per heavy atom. The van der Waals surface area contributed by atoms with Gasteiger partial charge in [0.25, 0.3) is 0 Å². The van der Waals surface area contributed by atoms with Crippen molar-refractivity contribution in [1.82, 2.24) is 0 Å². The number of benzene rings is 2. The van der Waals surface area contributed by atoms with Crippen molar-refractivity contribution in [1.29, 1.82) is 0 Å². The topological polar surface area (TPSA) is 213 Å². The van der Waals surface area contributed by atoms with E-state index in [1.54, 1.807) is 30.3 Å². The van der Waals surface area contributed by atoms with E-state index < -0.39 is 75.8 Å². The molecule has 3 aromatic rings. The number of ether oxygens (including phenoxy) is 2. The molecule has 13 nitrogen and oxygen atoms in total. The van der Waals surface area contributed by atoms with Gasteiger partial charge in [0.15, 0.2) is 16.9 Å². The Bertz CT molecular complexity index is 1380. The highest BCUT2D eigenvalue weighted by molar-refractivity contribution is 7.81. The molecule has 2 heterocycles. The van der Waals surface area contributed by atoms with Gasteiger partial charge in [-0.2, -0.15) is 8.42 Å². The van der Waals surface area contributed by atoms with Crippen LogP contribution in [0.4, 0.5) is 0 Å². The highest BCUT2D eigenvalue weighted by atomic mass is 32.3. The Balaban J connectivity index is 1.87. The number of hydrogen-bond acceptors (Lipinski definition) is 12. The lowest BCUT2D eigenvalue weighted by Gasteiger charge is -2.39. The molecule has 6 N–H and O–H groups in total. The maximum atomic E-state index is 12.7. The smallest absolute Gasteiger partial charge is 0.446 e. The van der Waals surface area contributed by atoms with Crippen molar-refractivity contribution >= 4 is 21.4 Å². The van der Waals surface area contributed by atoms with Gasteiger partial charge in [0, 0.05) is 17.7 Å². The molecule has 5 atom stereocenters. The third kappa shape index (κ3) is 4.94. The summed E-state index contributed by atoms with van der Waals surface area (Å²) in [7, 11) is -5.25. The van der Waals surface area contributed by atoms with Crippen LogP contribution in [0.2, 0.25) is 0 Å². The van der Waals surface area contributed by atoms with Gasteiger partial charge in [0.05, 0.1) is 6.61 Å². The van der Waals surface area contributed by atoms with Gasteiger partial charge in [-0.1, -0.05) is 30.3 Å². The molecule has 1 aliphatic heterocycles. The van der Waals surface area contributed by atoms with Crippen LogP contribution < -0.4 is 14.3 Å². The Labute approximate surface area is 196 Å². The number of fused-ring (bicyclic) bond motifs is 1. The fraction of sp³-hybridized carbons (Fsp3) is 0.286. The summed E-state index contributed by atoms with van der Waals surface area (Å²) in [4.78, 5) is 12.7. The molecule has 0 saturated carbocycles. The van der Waals surface area contributed by atoms with Crippen molar-refractivity contribution in [3.05, 3.63) is 52.7 Å². The zero-order valence-corrected chi connectivity index (χ0v) is 18.4. The zero-order chi connectivity index (χ0) is 25.5. The second kappa shape index (κ2) is 9.43. The molecular formula is C21H20O13S. The SMILES string of the molecule is O=c1cc(-c2ccccc2)oc2cc(O[C@@H]3O[C@H](CO)[C@@H](O)[C@H](O)[C@H]3O)c(OS(=O)(=O)O)c(O)c12. The van der Waals surface area contributed by atoms with E-state index in [0.29, 0.717) is 5.56 Å². The molecule has 2 aromatic carbocycles.